The van der Waals surface area contributed by atoms with E-state index in [2.05, 4.69) is 46.8 Å². The van der Waals surface area contributed by atoms with Crippen molar-refractivity contribution < 1.29 is 14.3 Å². The number of nitrogens with zero attached hydrogens (tertiary/aromatic N) is 3. The molecule has 0 N–H and O–H groups in total. The van der Waals surface area contributed by atoms with E-state index in [0.29, 0.717) is 25.3 Å². The number of hydrogen-bond acceptors (Lipinski definition) is 4. The minimum Gasteiger partial charge on any atom is -0.466 e. The smallest absolute Gasteiger partial charge is 0.310 e. The number of benzene rings is 1. The molecule has 3 rings (SSSR count). The molecule has 0 spiro atoms. The van der Waals surface area contributed by atoms with E-state index in [1.807, 2.05) is 28.6 Å². The minimum atomic E-state index is -0.255. The van der Waals surface area contributed by atoms with Crippen molar-refractivity contribution in [2.75, 3.05) is 19.7 Å². The Labute approximate surface area is 185 Å². The van der Waals surface area contributed by atoms with Crippen molar-refractivity contribution in [3.63, 3.8) is 0 Å². The molecule has 6 nitrogen and oxygen atoms in total. The molecule has 31 heavy (non-hydrogen) atoms. The van der Waals surface area contributed by atoms with Crippen molar-refractivity contribution in [3.8, 4) is 5.69 Å². The van der Waals surface area contributed by atoms with Crippen LogP contribution in [0, 0.1) is 12.8 Å². The van der Waals surface area contributed by atoms with Gasteiger partial charge < -0.3 is 9.64 Å². The van der Waals surface area contributed by atoms with Gasteiger partial charge in [-0.15, -0.1) is 0 Å². The highest BCUT2D eigenvalue weighted by Gasteiger charge is 2.34. The number of aromatic nitrogens is 2. The molecule has 1 atom stereocenters. The van der Waals surface area contributed by atoms with Crippen LogP contribution in [0.5, 0.6) is 0 Å². The number of esters is 1. The summed E-state index contributed by atoms with van der Waals surface area (Å²) in [5.41, 5.74) is 4.57. The van der Waals surface area contributed by atoms with Gasteiger partial charge in [0.05, 0.1) is 35.2 Å². The second kappa shape index (κ2) is 9.67. The molecule has 1 saturated heterocycles. The Hall–Kier alpha value is -2.63. The average Bonchev–Trinajstić information content (AvgIpc) is 3.15. The Bertz CT molecular complexity index is 928. The highest BCUT2D eigenvalue weighted by Crippen LogP contribution is 2.32. The van der Waals surface area contributed by atoms with E-state index >= 15 is 0 Å². The van der Waals surface area contributed by atoms with Gasteiger partial charge in [0.2, 0.25) is 0 Å². The van der Waals surface area contributed by atoms with Crippen LogP contribution in [0.4, 0.5) is 0 Å². The summed E-state index contributed by atoms with van der Waals surface area (Å²) < 4.78 is 7.15. The highest BCUT2D eigenvalue weighted by atomic mass is 16.5. The van der Waals surface area contributed by atoms with Crippen LogP contribution in [0.15, 0.2) is 24.3 Å². The SMILES string of the molecule is CCOC(=O)C1CCCN(C(=O)c2c(C(C)C)nn(-c3ccc(C)cc3)c2C(C)C)C1. The van der Waals surface area contributed by atoms with Crippen molar-refractivity contribution in [3.05, 3.63) is 46.8 Å². The maximum absolute atomic E-state index is 13.8. The summed E-state index contributed by atoms with van der Waals surface area (Å²) in [4.78, 5) is 27.9. The molecule has 1 aliphatic heterocycles. The van der Waals surface area contributed by atoms with Crippen LogP contribution in [-0.4, -0.2) is 46.3 Å². The van der Waals surface area contributed by atoms with Crippen LogP contribution < -0.4 is 0 Å². The molecule has 1 aliphatic rings. The first kappa shape index (κ1) is 23.0. The topological polar surface area (TPSA) is 64.4 Å². The largest absolute Gasteiger partial charge is 0.466 e. The van der Waals surface area contributed by atoms with E-state index in [1.54, 1.807) is 0 Å². The van der Waals surface area contributed by atoms with E-state index in [1.165, 1.54) is 5.56 Å². The molecule has 2 heterocycles. The number of hydrogen-bond donors (Lipinski definition) is 0. The zero-order chi connectivity index (χ0) is 22.7. The maximum Gasteiger partial charge on any atom is 0.310 e. The van der Waals surface area contributed by atoms with Crippen molar-refractivity contribution in [1.82, 2.24) is 14.7 Å². The molecular formula is C25H35N3O3. The van der Waals surface area contributed by atoms with Crippen LogP contribution in [0.25, 0.3) is 5.69 Å². The third-order valence-electron chi connectivity index (χ3n) is 5.86. The molecule has 168 valence electrons. The Morgan fingerprint density at radius 1 is 1.13 bits per heavy atom. The lowest BCUT2D eigenvalue weighted by molar-refractivity contribution is -0.149. The fraction of sp³-hybridized carbons (Fsp3) is 0.560. The zero-order valence-corrected chi connectivity index (χ0v) is 19.6. The molecule has 1 aromatic carbocycles. The number of carbonyl (C=O) groups excluding carboxylic acids is 2. The van der Waals surface area contributed by atoms with Crippen molar-refractivity contribution in [2.45, 2.75) is 66.2 Å². The number of amides is 1. The summed E-state index contributed by atoms with van der Waals surface area (Å²) in [6.45, 7) is 13.6. The Morgan fingerprint density at radius 2 is 1.81 bits per heavy atom. The van der Waals surface area contributed by atoms with Gasteiger partial charge in [0.25, 0.3) is 5.91 Å². The molecule has 1 aromatic heterocycles. The van der Waals surface area contributed by atoms with Gasteiger partial charge in [-0.2, -0.15) is 5.10 Å². The van der Waals surface area contributed by atoms with Crippen molar-refractivity contribution >= 4 is 11.9 Å². The van der Waals surface area contributed by atoms with Gasteiger partial charge in [-0.05, 0) is 50.7 Å². The van der Waals surface area contributed by atoms with Gasteiger partial charge in [-0.3, -0.25) is 9.59 Å². The second-order valence-corrected chi connectivity index (χ2v) is 9.04. The normalized spacial score (nSPS) is 16.8. The van der Waals surface area contributed by atoms with E-state index in [-0.39, 0.29) is 29.6 Å². The Balaban J connectivity index is 2.03. The van der Waals surface area contributed by atoms with E-state index in [4.69, 9.17) is 9.84 Å². The third kappa shape index (κ3) is 4.83. The highest BCUT2D eigenvalue weighted by molar-refractivity contribution is 5.97. The van der Waals surface area contributed by atoms with Gasteiger partial charge in [0.1, 0.15) is 0 Å². The summed E-state index contributed by atoms with van der Waals surface area (Å²) in [6, 6.07) is 8.22. The predicted octanol–water partition coefficient (Wildman–Crippen LogP) is 4.84. The molecule has 2 aromatic rings. The number of ether oxygens (including phenoxy) is 1. The molecular weight excluding hydrogens is 390 g/mol. The molecule has 0 radical (unpaired) electrons. The number of likely N-dealkylation sites (tertiary alicyclic amines) is 1. The first-order valence-electron chi connectivity index (χ1n) is 11.4. The monoisotopic (exact) mass is 425 g/mol. The summed E-state index contributed by atoms with van der Waals surface area (Å²) in [5.74, 6) is -0.266. The molecule has 1 unspecified atom stereocenters. The quantitative estimate of drug-likeness (QED) is 0.621. The lowest BCUT2D eigenvalue weighted by atomic mass is 9.94. The summed E-state index contributed by atoms with van der Waals surface area (Å²) >= 11 is 0. The van der Waals surface area contributed by atoms with Gasteiger partial charge in [0.15, 0.2) is 0 Å². The molecule has 0 aliphatic carbocycles. The van der Waals surface area contributed by atoms with E-state index in [0.717, 1.165) is 29.9 Å². The van der Waals surface area contributed by atoms with Gasteiger partial charge in [0, 0.05) is 13.1 Å². The van der Waals surface area contributed by atoms with E-state index < -0.39 is 0 Å². The molecule has 0 saturated carbocycles. The molecule has 0 bridgehead atoms. The van der Waals surface area contributed by atoms with Gasteiger partial charge in [-0.25, -0.2) is 4.68 Å². The second-order valence-electron chi connectivity index (χ2n) is 9.04. The average molecular weight is 426 g/mol. The first-order chi connectivity index (χ1) is 14.7. The minimum absolute atomic E-state index is 0.0280. The van der Waals surface area contributed by atoms with Crippen LogP contribution in [0.3, 0.4) is 0 Å². The summed E-state index contributed by atoms with van der Waals surface area (Å²) in [7, 11) is 0. The summed E-state index contributed by atoms with van der Waals surface area (Å²) in [5, 5.41) is 4.91. The van der Waals surface area contributed by atoms with Gasteiger partial charge in [-0.1, -0.05) is 45.4 Å². The number of piperidine rings is 1. The summed E-state index contributed by atoms with van der Waals surface area (Å²) in [6.07, 6.45) is 1.56. The van der Waals surface area contributed by atoms with Crippen LogP contribution in [0.2, 0.25) is 0 Å². The fourth-order valence-corrected chi connectivity index (χ4v) is 4.26. The van der Waals surface area contributed by atoms with E-state index in [9.17, 15) is 9.59 Å². The maximum atomic E-state index is 13.8. The number of rotatable bonds is 6. The van der Waals surface area contributed by atoms with Crippen LogP contribution in [-0.2, 0) is 9.53 Å². The van der Waals surface area contributed by atoms with Crippen molar-refractivity contribution in [1.29, 1.82) is 0 Å². The van der Waals surface area contributed by atoms with Crippen LogP contribution in [0.1, 0.15) is 86.6 Å². The Kier molecular flexibility index (Phi) is 7.19. The lowest BCUT2D eigenvalue weighted by Crippen LogP contribution is -2.43. The number of aryl methyl sites for hydroxylation is 1. The predicted molar refractivity (Wildman–Crippen MR) is 122 cm³/mol. The molecule has 6 heteroatoms. The zero-order valence-electron chi connectivity index (χ0n) is 19.6. The standard InChI is InChI=1S/C25H35N3O3/c1-7-31-25(30)19-9-8-14-27(15-19)24(29)21-22(16(2)3)26-28(23(21)17(4)5)20-12-10-18(6)11-13-20/h10-13,16-17,19H,7-9,14-15H2,1-6H3. The van der Waals surface area contributed by atoms with Gasteiger partial charge >= 0.3 is 5.97 Å². The van der Waals surface area contributed by atoms with Crippen LogP contribution >= 0.6 is 0 Å². The fourth-order valence-electron chi connectivity index (χ4n) is 4.26. The number of carbonyl (C=O) groups is 2. The third-order valence-corrected chi connectivity index (χ3v) is 5.86. The lowest BCUT2D eigenvalue weighted by Gasteiger charge is -2.32. The Morgan fingerprint density at radius 3 is 2.39 bits per heavy atom. The molecule has 1 amide bonds. The van der Waals surface area contributed by atoms with Crippen molar-refractivity contribution in [2.24, 2.45) is 5.92 Å². The first-order valence-corrected chi connectivity index (χ1v) is 11.4. The molecule has 1 fully saturated rings.